The van der Waals surface area contributed by atoms with E-state index in [4.69, 9.17) is 0 Å². The predicted octanol–water partition coefficient (Wildman–Crippen LogP) is 1.50. The van der Waals surface area contributed by atoms with E-state index in [0.717, 1.165) is 11.6 Å². The van der Waals surface area contributed by atoms with Crippen LogP contribution in [0.4, 0.5) is 0 Å². The molecule has 0 aliphatic rings. The number of nitrogens with one attached hydrogen (secondary N) is 1. The van der Waals surface area contributed by atoms with Crippen molar-refractivity contribution in [3.63, 3.8) is 0 Å². The molecule has 1 atom stereocenters. The maximum atomic E-state index is 12.0. The number of H-pyrrole nitrogens is 1. The smallest absolute Gasteiger partial charge is 0.309 e. The van der Waals surface area contributed by atoms with E-state index in [0.29, 0.717) is 23.0 Å². The molecule has 2 rings (SSSR count). The van der Waals surface area contributed by atoms with Gasteiger partial charge in [0.2, 0.25) is 0 Å². The first-order valence-corrected chi connectivity index (χ1v) is 7.34. The summed E-state index contributed by atoms with van der Waals surface area (Å²) in [5.74, 6) is 0. The van der Waals surface area contributed by atoms with E-state index in [1.165, 1.54) is 4.57 Å². The molecule has 108 valence electrons. The Hall–Kier alpha value is -1.76. The lowest BCUT2D eigenvalue weighted by atomic mass is 10.4. The molecular formula is C13H18N4O2S. The van der Waals surface area contributed by atoms with Crippen LogP contribution in [0.25, 0.3) is 11.2 Å². The highest BCUT2D eigenvalue weighted by molar-refractivity contribution is 7.99. The molecule has 6 nitrogen and oxygen atoms in total. The van der Waals surface area contributed by atoms with Gasteiger partial charge in [-0.05, 0) is 6.42 Å². The molecule has 0 aliphatic carbocycles. The zero-order valence-electron chi connectivity index (χ0n) is 11.8. The average molecular weight is 294 g/mol. The van der Waals surface area contributed by atoms with E-state index in [1.54, 1.807) is 29.5 Å². The number of imidazole rings is 1. The van der Waals surface area contributed by atoms with Crippen LogP contribution in [0.3, 0.4) is 0 Å². The fourth-order valence-electron chi connectivity index (χ4n) is 1.87. The molecule has 2 aromatic heterocycles. The molecule has 0 radical (unpaired) electrons. The van der Waals surface area contributed by atoms with E-state index in [-0.39, 0.29) is 0 Å². The van der Waals surface area contributed by atoms with Gasteiger partial charge < -0.3 is 4.57 Å². The van der Waals surface area contributed by atoms with E-state index in [2.05, 4.69) is 30.4 Å². The number of rotatable bonds is 5. The maximum Gasteiger partial charge on any atom is 0.329 e. The Balaban J connectivity index is 2.75. The molecule has 0 saturated heterocycles. The summed E-state index contributed by atoms with van der Waals surface area (Å²) in [5.41, 5.74) is -0.0384. The number of nitrogens with zero attached hydrogens (tertiary/aromatic N) is 3. The first-order valence-electron chi connectivity index (χ1n) is 6.46. The Kier molecular flexibility index (Phi) is 4.17. The Labute approximate surface area is 120 Å². The summed E-state index contributed by atoms with van der Waals surface area (Å²) in [5, 5.41) is 1.12. The van der Waals surface area contributed by atoms with Gasteiger partial charge in [-0.3, -0.25) is 14.3 Å². The molecule has 2 aromatic rings. The van der Waals surface area contributed by atoms with Gasteiger partial charge in [0.05, 0.1) is 0 Å². The number of aromatic amines is 1. The summed E-state index contributed by atoms with van der Waals surface area (Å²) >= 11 is 1.60. The van der Waals surface area contributed by atoms with Gasteiger partial charge in [-0.1, -0.05) is 31.7 Å². The average Bonchev–Trinajstić information content (AvgIpc) is 2.76. The lowest BCUT2D eigenvalue weighted by molar-refractivity contribution is 0.740. The van der Waals surface area contributed by atoms with Crippen LogP contribution in [0.1, 0.15) is 20.3 Å². The zero-order valence-corrected chi connectivity index (χ0v) is 12.7. The first kappa shape index (κ1) is 14.6. The third-order valence-electron chi connectivity index (χ3n) is 3.17. The van der Waals surface area contributed by atoms with E-state index < -0.39 is 11.2 Å². The van der Waals surface area contributed by atoms with Crippen LogP contribution in [0, 0.1) is 0 Å². The Morgan fingerprint density at radius 2 is 2.20 bits per heavy atom. The molecule has 1 unspecified atom stereocenters. The molecular weight excluding hydrogens is 276 g/mol. The summed E-state index contributed by atoms with van der Waals surface area (Å²) in [7, 11) is 1.60. The number of aryl methyl sites for hydroxylation is 1. The van der Waals surface area contributed by atoms with Gasteiger partial charge in [-0.25, -0.2) is 9.78 Å². The van der Waals surface area contributed by atoms with E-state index >= 15 is 0 Å². The van der Waals surface area contributed by atoms with Crippen molar-refractivity contribution in [3.8, 4) is 0 Å². The normalized spacial score (nSPS) is 12.8. The molecule has 0 amide bonds. The Morgan fingerprint density at radius 1 is 1.50 bits per heavy atom. The van der Waals surface area contributed by atoms with Crippen LogP contribution in [0.2, 0.25) is 0 Å². The van der Waals surface area contributed by atoms with Crippen LogP contribution in [-0.2, 0) is 13.6 Å². The molecule has 20 heavy (non-hydrogen) atoms. The monoisotopic (exact) mass is 294 g/mol. The lowest BCUT2D eigenvalue weighted by Crippen LogP contribution is -2.29. The van der Waals surface area contributed by atoms with Gasteiger partial charge >= 0.3 is 5.69 Å². The highest BCUT2D eigenvalue weighted by Gasteiger charge is 2.18. The van der Waals surface area contributed by atoms with Crippen molar-refractivity contribution in [2.45, 2.75) is 37.2 Å². The highest BCUT2D eigenvalue weighted by atomic mass is 32.2. The van der Waals surface area contributed by atoms with Gasteiger partial charge in [0.1, 0.15) is 0 Å². The molecule has 0 bridgehead atoms. The van der Waals surface area contributed by atoms with Crippen molar-refractivity contribution in [2.24, 2.45) is 7.05 Å². The minimum atomic E-state index is -0.453. The number of hydrogen-bond donors (Lipinski definition) is 1. The minimum absolute atomic E-state index is 0.381. The van der Waals surface area contributed by atoms with Crippen molar-refractivity contribution < 1.29 is 0 Å². The summed E-state index contributed by atoms with van der Waals surface area (Å²) in [6.45, 7) is 8.40. The van der Waals surface area contributed by atoms with Crippen molar-refractivity contribution in [2.75, 3.05) is 0 Å². The van der Waals surface area contributed by atoms with Gasteiger partial charge in [0.25, 0.3) is 5.56 Å². The molecule has 0 saturated carbocycles. The van der Waals surface area contributed by atoms with Gasteiger partial charge in [0, 0.05) is 18.8 Å². The number of thioether (sulfide) groups is 1. The molecule has 2 heterocycles. The molecule has 0 aliphatic heterocycles. The maximum absolute atomic E-state index is 12.0. The van der Waals surface area contributed by atoms with E-state index in [9.17, 15) is 9.59 Å². The number of hydrogen-bond acceptors (Lipinski definition) is 4. The molecule has 0 spiro atoms. The van der Waals surface area contributed by atoms with Crippen LogP contribution >= 0.6 is 11.8 Å². The molecule has 0 aromatic carbocycles. The fraction of sp³-hybridized carbons (Fsp3) is 0.462. The van der Waals surface area contributed by atoms with E-state index in [1.807, 2.05) is 0 Å². The van der Waals surface area contributed by atoms with Gasteiger partial charge in [-0.15, -0.1) is 6.58 Å². The Morgan fingerprint density at radius 3 is 2.80 bits per heavy atom. The number of allylic oxidation sites excluding steroid dienone is 1. The van der Waals surface area contributed by atoms with Gasteiger partial charge in [0.15, 0.2) is 16.3 Å². The first-order chi connectivity index (χ1) is 9.49. The highest BCUT2D eigenvalue weighted by Crippen LogP contribution is 2.26. The SMILES string of the molecule is C=CCn1c(SC(C)CC)nc2c1c(=O)[nH]c(=O)n2C. The van der Waals surface area contributed by atoms with Crippen molar-refractivity contribution >= 4 is 22.9 Å². The summed E-state index contributed by atoms with van der Waals surface area (Å²) in [6.07, 6.45) is 2.71. The van der Waals surface area contributed by atoms with Crippen LogP contribution in [0.5, 0.6) is 0 Å². The molecule has 0 fully saturated rings. The second-order valence-electron chi connectivity index (χ2n) is 4.62. The van der Waals surface area contributed by atoms with Crippen LogP contribution in [0.15, 0.2) is 27.4 Å². The topological polar surface area (TPSA) is 72.7 Å². The molecule has 1 N–H and O–H groups in total. The Bertz CT molecular complexity index is 756. The zero-order chi connectivity index (χ0) is 14.9. The molecule has 7 heteroatoms. The number of aromatic nitrogens is 4. The minimum Gasteiger partial charge on any atom is -0.309 e. The third kappa shape index (κ3) is 2.45. The van der Waals surface area contributed by atoms with Crippen molar-refractivity contribution in [1.29, 1.82) is 0 Å². The van der Waals surface area contributed by atoms with Crippen LogP contribution < -0.4 is 11.2 Å². The quantitative estimate of drug-likeness (QED) is 0.670. The second kappa shape index (κ2) is 5.70. The number of fused-ring (bicyclic) bond motifs is 1. The van der Waals surface area contributed by atoms with Crippen molar-refractivity contribution in [1.82, 2.24) is 19.1 Å². The third-order valence-corrected chi connectivity index (χ3v) is 4.42. The predicted molar refractivity (Wildman–Crippen MR) is 81.4 cm³/mol. The standard InChI is InChI=1S/C13H18N4O2S/c1-5-7-17-9-10(14-13(17)20-8(3)6-2)16(4)12(19)15-11(9)18/h5,8H,1,6-7H2,2-4H3,(H,15,18,19). The summed E-state index contributed by atoms with van der Waals surface area (Å²) in [6, 6.07) is 0. The lowest BCUT2D eigenvalue weighted by Gasteiger charge is -2.09. The summed E-state index contributed by atoms with van der Waals surface area (Å²) in [4.78, 5) is 30.5. The fourth-order valence-corrected chi connectivity index (χ4v) is 2.83. The largest absolute Gasteiger partial charge is 0.329 e. The van der Waals surface area contributed by atoms with Gasteiger partial charge in [-0.2, -0.15) is 0 Å². The van der Waals surface area contributed by atoms with Crippen molar-refractivity contribution in [3.05, 3.63) is 33.5 Å². The second-order valence-corrected chi connectivity index (χ2v) is 6.03. The van der Waals surface area contributed by atoms with Crippen LogP contribution in [-0.4, -0.2) is 24.4 Å². The summed E-state index contributed by atoms with van der Waals surface area (Å²) < 4.78 is 3.16.